The molecular formula is C20H21FNO4+. The smallest absolute Gasteiger partial charge is 0.336 e. The lowest BCUT2D eigenvalue weighted by atomic mass is 10.1. The van der Waals surface area contributed by atoms with Crippen LogP contribution in [0, 0.1) is 12.7 Å². The summed E-state index contributed by atoms with van der Waals surface area (Å²) in [6, 6.07) is 9.70. The number of fused-ring (bicyclic) bond motifs is 1. The van der Waals surface area contributed by atoms with Gasteiger partial charge in [-0.15, -0.1) is 0 Å². The van der Waals surface area contributed by atoms with Gasteiger partial charge in [0.2, 0.25) is 0 Å². The summed E-state index contributed by atoms with van der Waals surface area (Å²) in [5.41, 5.74) is 2.14. The van der Waals surface area contributed by atoms with Crippen molar-refractivity contribution in [3.8, 4) is 11.5 Å². The molecule has 2 aromatic carbocycles. The van der Waals surface area contributed by atoms with Gasteiger partial charge in [0.25, 0.3) is 0 Å². The number of phenolic OH excluding ortho intramolecular Hbond substituents is 1. The highest BCUT2D eigenvalue weighted by Gasteiger charge is 2.15. The lowest BCUT2D eigenvalue weighted by Gasteiger charge is -2.16. The Bertz CT molecular complexity index is 1010. The Labute approximate surface area is 150 Å². The molecule has 3 rings (SSSR count). The monoisotopic (exact) mass is 358 g/mol. The first kappa shape index (κ1) is 17.9. The molecule has 3 aromatic rings. The third kappa shape index (κ3) is 3.55. The minimum atomic E-state index is -0.454. The fourth-order valence-electron chi connectivity index (χ4n) is 3.12. The van der Waals surface area contributed by atoms with Crippen LogP contribution in [0.5, 0.6) is 11.5 Å². The third-order valence-electron chi connectivity index (χ3n) is 4.43. The van der Waals surface area contributed by atoms with E-state index in [-0.39, 0.29) is 11.5 Å². The zero-order chi connectivity index (χ0) is 18.8. The Balaban J connectivity index is 1.87. The molecule has 2 N–H and O–H groups in total. The summed E-state index contributed by atoms with van der Waals surface area (Å²) < 4.78 is 24.1. The first-order valence-corrected chi connectivity index (χ1v) is 8.28. The number of benzene rings is 2. The molecule has 1 atom stereocenters. The minimum absolute atomic E-state index is 0.0900. The maximum atomic E-state index is 13.9. The van der Waals surface area contributed by atoms with Gasteiger partial charge in [0.05, 0.1) is 14.2 Å². The molecule has 5 nitrogen and oxygen atoms in total. The zero-order valence-electron chi connectivity index (χ0n) is 14.9. The highest BCUT2D eigenvalue weighted by molar-refractivity contribution is 5.84. The van der Waals surface area contributed by atoms with Gasteiger partial charge in [-0.2, -0.15) is 0 Å². The van der Waals surface area contributed by atoms with Crippen LogP contribution in [0.25, 0.3) is 11.0 Å². The minimum Gasteiger partial charge on any atom is -0.508 e. The Kier molecular flexibility index (Phi) is 4.95. The number of quaternary nitrogens is 1. The number of hydrogen-bond acceptors (Lipinski definition) is 4. The van der Waals surface area contributed by atoms with E-state index in [4.69, 9.17) is 9.15 Å². The van der Waals surface area contributed by atoms with E-state index in [1.807, 2.05) is 13.1 Å². The van der Waals surface area contributed by atoms with Crippen LogP contribution in [0.15, 0.2) is 45.6 Å². The highest BCUT2D eigenvalue weighted by Crippen LogP contribution is 2.27. The van der Waals surface area contributed by atoms with E-state index in [0.29, 0.717) is 24.2 Å². The van der Waals surface area contributed by atoms with Crippen molar-refractivity contribution >= 4 is 11.0 Å². The van der Waals surface area contributed by atoms with E-state index >= 15 is 0 Å². The fraction of sp³-hybridized carbons (Fsp3) is 0.250. The average molecular weight is 358 g/mol. The molecule has 1 heterocycles. The predicted octanol–water partition coefficient (Wildman–Crippen LogP) is 2.17. The van der Waals surface area contributed by atoms with Crippen molar-refractivity contribution in [2.24, 2.45) is 0 Å². The molecule has 0 aliphatic carbocycles. The molecule has 0 spiro atoms. The van der Waals surface area contributed by atoms with E-state index in [9.17, 15) is 14.3 Å². The first-order valence-electron chi connectivity index (χ1n) is 8.28. The average Bonchev–Trinajstić information content (AvgIpc) is 2.58. The molecule has 0 aliphatic rings. The normalized spacial score (nSPS) is 12.3. The summed E-state index contributed by atoms with van der Waals surface area (Å²) in [6.45, 7) is 2.85. The maximum absolute atomic E-state index is 13.9. The van der Waals surface area contributed by atoms with Gasteiger partial charge in [-0.25, -0.2) is 9.18 Å². The molecule has 0 saturated carbocycles. The molecular weight excluding hydrogens is 337 g/mol. The van der Waals surface area contributed by atoms with Gasteiger partial charge < -0.3 is 19.2 Å². The van der Waals surface area contributed by atoms with Crippen LogP contribution < -0.4 is 15.3 Å². The van der Waals surface area contributed by atoms with Gasteiger partial charge in [0.15, 0.2) is 11.6 Å². The van der Waals surface area contributed by atoms with Gasteiger partial charge >= 0.3 is 5.63 Å². The summed E-state index contributed by atoms with van der Waals surface area (Å²) in [6.07, 6.45) is 0. The zero-order valence-corrected chi connectivity index (χ0v) is 14.9. The van der Waals surface area contributed by atoms with Crippen LogP contribution in [-0.4, -0.2) is 19.3 Å². The van der Waals surface area contributed by atoms with Crippen LogP contribution in [0.3, 0.4) is 0 Å². The van der Waals surface area contributed by atoms with Crippen molar-refractivity contribution in [1.29, 1.82) is 0 Å². The van der Waals surface area contributed by atoms with Gasteiger partial charge in [-0.05, 0) is 37.3 Å². The fourth-order valence-corrected chi connectivity index (χ4v) is 3.12. The van der Waals surface area contributed by atoms with E-state index < -0.39 is 11.4 Å². The topological polar surface area (TPSA) is 64.1 Å². The number of halogens is 1. The largest absolute Gasteiger partial charge is 0.508 e. The molecule has 0 fully saturated rings. The molecule has 0 radical (unpaired) electrons. The molecule has 136 valence electrons. The van der Waals surface area contributed by atoms with Crippen LogP contribution in [-0.2, 0) is 13.1 Å². The van der Waals surface area contributed by atoms with Crippen molar-refractivity contribution in [3.05, 3.63) is 69.3 Å². The molecule has 6 heteroatoms. The first-order chi connectivity index (χ1) is 12.4. The maximum Gasteiger partial charge on any atom is 0.336 e. The predicted molar refractivity (Wildman–Crippen MR) is 96.1 cm³/mol. The van der Waals surface area contributed by atoms with Crippen LogP contribution >= 0.6 is 0 Å². The number of phenols is 1. The van der Waals surface area contributed by atoms with Gasteiger partial charge in [0.1, 0.15) is 24.4 Å². The van der Waals surface area contributed by atoms with E-state index in [1.54, 1.807) is 25.1 Å². The van der Waals surface area contributed by atoms with Gasteiger partial charge in [-0.3, -0.25) is 0 Å². The lowest BCUT2D eigenvalue weighted by molar-refractivity contribution is -0.907. The van der Waals surface area contributed by atoms with E-state index in [0.717, 1.165) is 21.4 Å². The van der Waals surface area contributed by atoms with Crippen molar-refractivity contribution in [2.75, 3.05) is 14.2 Å². The molecule has 26 heavy (non-hydrogen) atoms. The van der Waals surface area contributed by atoms with Gasteiger partial charge in [-0.1, -0.05) is 0 Å². The third-order valence-corrected chi connectivity index (χ3v) is 4.43. The number of aryl methyl sites for hydroxylation is 1. The Morgan fingerprint density at radius 2 is 1.96 bits per heavy atom. The molecule has 0 amide bonds. The Hall–Kier alpha value is -2.86. The Morgan fingerprint density at radius 1 is 1.19 bits per heavy atom. The van der Waals surface area contributed by atoms with E-state index in [2.05, 4.69) is 0 Å². The second kappa shape index (κ2) is 7.17. The van der Waals surface area contributed by atoms with Crippen molar-refractivity contribution in [3.63, 3.8) is 0 Å². The molecule has 1 aromatic heterocycles. The number of rotatable bonds is 5. The van der Waals surface area contributed by atoms with Crippen molar-refractivity contribution in [2.45, 2.75) is 20.0 Å². The van der Waals surface area contributed by atoms with E-state index in [1.165, 1.54) is 19.2 Å². The summed E-state index contributed by atoms with van der Waals surface area (Å²) in [5.74, 6) is -0.0877. The molecule has 0 saturated heterocycles. The summed E-state index contributed by atoms with van der Waals surface area (Å²) in [4.78, 5) is 13.0. The quantitative estimate of drug-likeness (QED) is 0.686. The molecule has 0 bridgehead atoms. The van der Waals surface area contributed by atoms with Gasteiger partial charge in [0, 0.05) is 28.1 Å². The molecule has 0 aliphatic heterocycles. The number of nitrogens with one attached hydrogen (secondary N) is 1. The summed E-state index contributed by atoms with van der Waals surface area (Å²) in [5, 5.41) is 10.6. The van der Waals surface area contributed by atoms with Crippen molar-refractivity contribution < 1.29 is 23.6 Å². The van der Waals surface area contributed by atoms with Crippen LogP contribution in [0.1, 0.15) is 16.7 Å². The van der Waals surface area contributed by atoms with Crippen LogP contribution in [0.2, 0.25) is 0 Å². The second-order valence-electron chi connectivity index (χ2n) is 6.46. The number of ether oxygens (including phenoxy) is 1. The number of hydrogen-bond donors (Lipinski definition) is 2. The van der Waals surface area contributed by atoms with Crippen LogP contribution in [0.4, 0.5) is 4.39 Å². The molecule has 1 unspecified atom stereocenters. The highest BCUT2D eigenvalue weighted by atomic mass is 19.1. The van der Waals surface area contributed by atoms with Crippen molar-refractivity contribution in [1.82, 2.24) is 0 Å². The summed E-state index contributed by atoms with van der Waals surface area (Å²) >= 11 is 0. The number of methoxy groups -OCH3 is 1. The second-order valence-corrected chi connectivity index (χ2v) is 6.46. The SMILES string of the molecule is COc1ccc(C[NH+](C)Cc2cc(=O)oc3c(C)c(O)ccc23)cc1F. The standard InChI is InChI=1S/C20H20FNO4/c1-12-17(23)6-5-15-14(9-19(24)26-20(12)15)11-22(2)10-13-4-7-18(25-3)16(21)8-13/h4-9,23H,10-11H2,1-3H3/p+1. The lowest BCUT2D eigenvalue weighted by Crippen LogP contribution is -3.06. The summed E-state index contributed by atoms with van der Waals surface area (Å²) in [7, 11) is 3.40. The number of aromatic hydroxyl groups is 1. The Morgan fingerprint density at radius 3 is 2.65 bits per heavy atom.